The molecule has 1 N–H and O–H groups in total. The molecule has 0 spiro atoms. The van der Waals surface area contributed by atoms with Gasteiger partial charge in [-0.15, -0.1) is 0 Å². The molecule has 0 radical (unpaired) electrons. The number of nitrogens with one attached hydrogen (secondary N) is 1. The summed E-state index contributed by atoms with van der Waals surface area (Å²) >= 11 is 5.94. The van der Waals surface area contributed by atoms with Gasteiger partial charge in [-0.3, -0.25) is 4.79 Å². The van der Waals surface area contributed by atoms with E-state index in [0.717, 1.165) is 5.56 Å². The van der Waals surface area contributed by atoms with E-state index in [0.29, 0.717) is 28.8 Å². The zero-order valence-corrected chi connectivity index (χ0v) is 16.9. The molecule has 0 aliphatic carbocycles. The molecule has 7 heteroatoms. The number of carbonyl (C=O) groups excluding carboxylic acids is 2. The van der Waals surface area contributed by atoms with Gasteiger partial charge in [-0.25, -0.2) is 4.79 Å². The minimum atomic E-state index is -1.01. The van der Waals surface area contributed by atoms with Gasteiger partial charge in [0.05, 0.1) is 12.8 Å². The van der Waals surface area contributed by atoms with Crippen molar-refractivity contribution in [2.45, 2.75) is 13.0 Å². The van der Waals surface area contributed by atoms with Gasteiger partial charge in [-0.05, 0) is 48.9 Å². The zero-order chi connectivity index (χ0) is 21.2. The molecule has 0 heterocycles. The van der Waals surface area contributed by atoms with E-state index >= 15 is 0 Å². The van der Waals surface area contributed by atoms with E-state index in [2.05, 4.69) is 11.9 Å². The first-order valence-electron chi connectivity index (χ1n) is 8.79. The minimum absolute atomic E-state index is 0.391. The van der Waals surface area contributed by atoms with Gasteiger partial charge in [0.1, 0.15) is 18.1 Å². The normalized spacial score (nSPS) is 11.6. The van der Waals surface area contributed by atoms with Crippen LogP contribution in [0.25, 0.3) is 6.08 Å². The highest BCUT2D eigenvalue weighted by atomic mass is 35.5. The predicted octanol–water partition coefficient (Wildman–Crippen LogP) is 4.50. The number of ether oxygens (including phenoxy) is 3. The van der Waals surface area contributed by atoms with E-state index in [1.54, 1.807) is 54.6 Å². The van der Waals surface area contributed by atoms with Crippen LogP contribution in [0.5, 0.6) is 11.5 Å². The lowest BCUT2D eigenvalue weighted by molar-refractivity contribution is -0.148. The number of benzene rings is 2. The number of rotatable bonds is 9. The lowest BCUT2D eigenvalue weighted by Crippen LogP contribution is -2.29. The number of hydrogen-bond donors (Lipinski definition) is 1. The second-order valence-corrected chi connectivity index (χ2v) is 6.35. The number of amides is 1. The van der Waals surface area contributed by atoms with Crippen LogP contribution in [0.15, 0.2) is 61.2 Å². The minimum Gasteiger partial charge on any atom is -0.495 e. The Morgan fingerprint density at radius 2 is 1.93 bits per heavy atom. The predicted molar refractivity (Wildman–Crippen MR) is 113 cm³/mol. The fourth-order valence-electron chi connectivity index (χ4n) is 2.27. The zero-order valence-electron chi connectivity index (χ0n) is 16.2. The third-order valence-electron chi connectivity index (χ3n) is 3.74. The standard InChI is InChI=1S/C22H22ClNO5/c1-4-13-28-18-9-5-16(6-10-18)7-12-21(25)29-15(2)22(26)24-19-14-17(23)8-11-20(19)27-3/h4-12,14-15H,1,13H2,2-3H3,(H,24,26)/b12-7+. The lowest BCUT2D eigenvalue weighted by Gasteiger charge is -2.14. The van der Waals surface area contributed by atoms with Crippen LogP contribution < -0.4 is 14.8 Å². The molecule has 6 nitrogen and oxygen atoms in total. The molecule has 0 bridgehead atoms. The maximum absolute atomic E-state index is 12.3. The Labute approximate surface area is 174 Å². The van der Waals surface area contributed by atoms with Gasteiger partial charge in [0.2, 0.25) is 0 Å². The van der Waals surface area contributed by atoms with Crippen LogP contribution in [0.2, 0.25) is 5.02 Å². The van der Waals surface area contributed by atoms with Gasteiger partial charge in [-0.1, -0.05) is 36.4 Å². The molecule has 0 aromatic heterocycles. The van der Waals surface area contributed by atoms with Crippen molar-refractivity contribution in [3.63, 3.8) is 0 Å². The molecule has 152 valence electrons. The van der Waals surface area contributed by atoms with Gasteiger partial charge in [-0.2, -0.15) is 0 Å². The van der Waals surface area contributed by atoms with E-state index in [9.17, 15) is 9.59 Å². The summed E-state index contributed by atoms with van der Waals surface area (Å²) in [7, 11) is 1.48. The Morgan fingerprint density at radius 1 is 1.21 bits per heavy atom. The summed E-state index contributed by atoms with van der Waals surface area (Å²) in [5.41, 5.74) is 1.18. The van der Waals surface area contributed by atoms with E-state index in [1.165, 1.54) is 20.1 Å². The molecule has 2 aromatic rings. The fraction of sp³-hybridized carbons (Fsp3) is 0.182. The highest BCUT2D eigenvalue weighted by Crippen LogP contribution is 2.27. The van der Waals surface area contributed by atoms with Crippen molar-refractivity contribution in [3.8, 4) is 11.5 Å². The van der Waals surface area contributed by atoms with E-state index in [4.69, 9.17) is 25.8 Å². The molecule has 1 atom stereocenters. The number of halogens is 1. The second kappa shape index (κ2) is 10.9. The van der Waals surface area contributed by atoms with Crippen LogP contribution in [-0.4, -0.2) is 31.7 Å². The first kappa shape index (κ1) is 22.0. The molecule has 0 saturated carbocycles. The quantitative estimate of drug-likeness (QED) is 0.371. The number of esters is 1. The number of anilines is 1. The Morgan fingerprint density at radius 3 is 2.59 bits per heavy atom. The van der Waals surface area contributed by atoms with Crippen molar-refractivity contribution >= 4 is 35.2 Å². The van der Waals surface area contributed by atoms with Crippen LogP contribution >= 0.6 is 11.6 Å². The van der Waals surface area contributed by atoms with Crippen LogP contribution in [0, 0.1) is 0 Å². The Bertz CT molecular complexity index is 893. The summed E-state index contributed by atoms with van der Waals surface area (Å²) < 4.78 is 15.7. The maximum Gasteiger partial charge on any atom is 0.331 e. The van der Waals surface area contributed by atoms with Gasteiger partial charge in [0, 0.05) is 11.1 Å². The van der Waals surface area contributed by atoms with Crippen LogP contribution in [0.4, 0.5) is 5.69 Å². The number of hydrogen-bond acceptors (Lipinski definition) is 5. The summed E-state index contributed by atoms with van der Waals surface area (Å²) in [5.74, 6) is 0.00165. The molecular weight excluding hydrogens is 394 g/mol. The van der Waals surface area contributed by atoms with Crippen molar-refractivity contribution in [1.29, 1.82) is 0 Å². The molecule has 2 rings (SSSR count). The Balaban J connectivity index is 1.91. The molecule has 0 fully saturated rings. The summed E-state index contributed by atoms with van der Waals surface area (Å²) in [6.45, 7) is 5.48. The van der Waals surface area contributed by atoms with Crippen LogP contribution in [0.3, 0.4) is 0 Å². The number of carbonyl (C=O) groups is 2. The van der Waals surface area contributed by atoms with Crippen LogP contribution in [-0.2, 0) is 14.3 Å². The van der Waals surface area contributed by atoms with E-state index < -0.39 is 18.0 Å². The highest BCUT2D eigenvalue weighted by molar-refractivity contribution is 6.31. The highest BCUT2D eigenvalue weighted by Gasteiger charge is 2.18. The lowest BCUT2D eigenvalue weighted by atomic mass is 10.2. The van der Waals surface area contributed by atoms with Crippen molar-refractivity contribution < 1.29 is 23.8 Å². The van der Waals surface area contributed by atoms with Gasteiger partial charge in [0.15, 0.2) is 6.10 Å². The topological polar surface area (TPSA) is 73.9 Å². The first-order valence-corrected chi connectivity index (χ1v) is 9.17. The van der Waals surface area contributed by atoms with Gasteiger partial charge >= 0.3 is 5.97 Å². The second-order valence-electron chi connectivity index (χ2n) is 5.92. The SMILES string of the molecule is C=CCOc1ccc(/C=C/C(=O)OC(C)C(=O)Nc2cc(Cl)ccc2OC)cc1. The number of methoxy groups -OCH3 is 1. The summed E-state index contributed by atoms with van der Waals surface area (Å²) in [6, 6.07) is 12.0. The molecule has 29 heavy (non-hydrogen) atoms. The molecule has 0 aliphatic rings. The summed E-state index contributed by atoms with van der Waals surface area (Å²) in [4.78, 5) is 24.3. The fourth-order valence-corrected chi connectivity index (χ4v) is 2.45. The smallest absolute Gasteiger partial charge is 0.331 e. The van der Waals surface area contributed by atoms with E-state index in [-0.39, 0.29) is 0 Å². The monoisotopic (exact) mass is 415 g/mol. The molecule has 1 amide bonds. The third-order valence-corrected chi connectivity index (χ3v) is 3.98. The molecular formula is C22H22ClNO5. The average Bonchev–Trinajstić information content (AvgIpc) is 2.71. The molecule has 2 aromatic carbocycles. The van der Waals surface area contributed by atoms with Gasteiger partial charge < -0.3 is 19.5 Å². The summed E-state index contributed by atoms with van der Waals surface area (Å²) in [6.07, 6.45) is 3.49. The molecule has 0 saturated heterocycles. The molecule has 0 aliphatic heterocycles. The van der Waals surface area contributed by atoms with Crippen molar-refractivity contribution in [2.75, 3.05) is 19.0 Å². The van der Waals surface area contributed by atoms with Crippen molar-refractivity contribution in [2.24, 2.45) is 0 Å². The maximum atomic E-state index is 12.3. The van der Waals surface area contributed by atoms with Gasteiger partial charge in [0.25, 0.3) is 5.91 Å². The van der Waals surface area contributed by atoms with E-state index in [1.807, 2.05) is 0 Å². The summed E-state index contributed by atoms with van der Waals surface area (Å²) in [5, 5.41) is 3.07. The Hall–Kier alpha value is -3.25. The average molecular weight is 416 g/mol. The van der Waals surface area contributed by atoms with Crippen molar-refractivity contribution in [1.82, 2.24) is 0 Å². The van der Waals surface area contributed by atoms with Crippen molar-refractivity contribution in [3.05, 3.63) is 71.8 Å². The largest absolute Gasteiger partial charge is 0.495 e. The van der Waals surface area contributed by atoms with Crippen LogP contribution in [0.1, 0.15) is 12.5 Å². The third kappa shape index (κ3) is 7.01. The molecule has 1 unspecified atom stereocenters. The Kier molecular flexibility index (Phi) is 8.30. The first-order chi connectivity index (χ1) is 13.9.